The van der Waals surface area contributed by atoms with Crippen molar-refractivity contribution in [3.63, 3.8) is 0 Å². The van der Waals surface area contributed by atoms with Gasteiger partial charge in [-0.3, -0.25) is 0 Å². The summed E-state index contributed by atoms with van der Waals surface area (Å²) in [6.45, 7) is 20.2. The monoisotopic (exact) mass is 982 g/mol. The molecule has 8 aliphatic rings. The fourth-order valence-electron chi connectivity index (χ4n) is 13.1. The van der Waals surface area contributed by atoms with Crippen LogP contribution in [0.5, 0.6) is 0 Å². The molecule has 2 aromatic carbocycles. The van der Waals surface area contributed by atoms with Crippen molar-refractivity contribution in [2.75, 3.05) is 24.7 Å². The van der Waals surface area contributed by atoms with E-state index in [9.17, 15) is 0 Å². The van der Waals surface area contributed by atoms with Gasteiger partial charge in [-0.05, 0) is 48.3 Å². The summed E-state index contributed by atoms with van der Waals surface area (Å²) in [5.74, 6) is 1.82. The zero-order valence-electron chi connectivity index (χ0n) is 41.3. The highest BCUT2D eigenvalue weighted by atomic mass is 32.2. The van der Waals surface area contributed by atoms with Crippen molar-refractivity contribution in [1.82, 2.24) is 0 Å². The molecule has 8 heterocycles. The molecule has 14 heteroatoms. The summed E-state index contributed by atoms with van der Waals surface area (Å²) < 4.78 is 77.8. The Morgan fingerprint density at radius 1 is 0.567 bits per heavy atom. The molecule has 0 N–H and O–H groups in total. The summed E-state index contributed by atoms with van der Waals surface area (Å²) in [6.07, 6.45) is 5.75. The van der Waals surface area contributed by atoms with Crippen molar-refractivity contribution >= 4 is 32.1 Å². The Labute approximate surface area is 410 Å². The van der Waals surface area contributed by atoms with E-state index in [0.717, 1.165) is 80.4 Å². The average molecular weight is 983 g/mol. The second-order valence-electron chi connectivity index (χ2n) is 22.5. The van der Waals surface area contributed by atoms with E-state index in [1.807, 2.05) is 47.8 Å². The third-order valence-corrected chi connectivity index (χ3v) is 23.7. The van der Waals surface area contributed by atoms with E-state index in [-0.39, 0.29) is 95.5 Å². The van der Waals surface area contributed by atoms with Gasteiger partial charge in [-0.25, -0.2) is 0 Å². The molecule has 8 fully saturated rings. The molecule has 2 unspecified atom stereocenters. The van der Waals surface area contributed by atoms with E-state index in [0.29, 0.717) is 26.4 Å². The Morgan fingerprint density at radius 3 is 1.66 bits per heavy atom. The lowest BCUT2D eigenvalue weighted by Gasteiger charge is -2.58. The molecule has 0 bridgehead atoms. The fraction of sp³-hybridized carbons (Fsp3) is 0.774. The molecule has 8 saturated heterocycles. The van der Waals surface area contributed by atoms with Gasteiger partial charge in [-0.15, -0.1) is 23.5 Å². The maximum atomic E-state index is 7.47. The Kier molecular flexibility index (Phi) is 14.8. The van der Waals surface area contributed by atoms with Crippen molar-refractivity contribution in [1.29, 1.82) is 0 Å². The first-order chi connectivity index (χ1) is 32.2. The molecule has 0 amide bonds. The number of ether oxygens (including phenoxy) is 9. The number of hydrogen-bond acceptors (Lipinski definition) is 13. The molecule has 67 heavy (non-hydrogen) atoms. The van der Waals surface area contributed by atoms with Gasteiger partial charge in [-0.2, -0.15) is 0 Å². The minimum absolute atomic E-state index is 0.0453. The minimum atomic E-state index is -2.65. The van der Waals surface area contributed by atoms with Crippen LogP contribution >= 0.6 is 23.5 Å². The molecule has 0 aliphatic carbocycles. The van der Waals surface area contributed by atoms with Gasteiger partial charge in [-0.1, -0.05) is 116 Å². The van der Waals surface area contributed by atoms with Crippen molar-refractivity contribution in [3.8, 4) is 0 Å². The molecule has 8 aliphatic heterocycles. The highest BCUT2D eigenvalue weighted by Gasteiger charge is 2.65. The van der Waals surface area contributed by atoms with E-state index in [2.05, 4.69) is 91.8 Å². The summed E-state index contributed by atoms with van der Waals surface area (Å²) in [4.78, 5) is -1.11. The smallest absolute Gasteiger partial charge is 0.349 e. The van der Waals surface area contributed by atoms with Crippen LogP contribution in [0, 0.1) is 0 Å². The summed E-state index contributed by atoms with van der Waals surface area (Å²) >= 11 is 3.76. The number of benzene rings is 2. The van der Waals surface area contributed by atoms with Crippen molar-refractivity contribution < 1.29 is 51.5 Å². The first-order valence-corrected chi connectivity index (χ1v) is 29.5. The van der Waals surface area contributed by atoms with Gasteiger partial charge in [0, 0.05) is 42.2 Å². The molecule has 2 aromatic rings. The minimum Gasteiger partial charge on any atom is -0.391 e. The van der Waals surface area contributed by atoms with Crippen LogP contribution in [0.2, 0.25) is 10.1 Å². The van der Waals surface area contributed by atoms with E-state index in [1.165, 1.54) is 0 Å². The highest BCUT2D eigenvalue weighted by molar-refractivity contribution is 8.00. The molecule has 11 nitrogen and oxygen atoms in total. The number of thioether (sulfide) groups is 2. The van der Waals surface area contributed by atoms with Crippen LogP contribution in [0.1, 0.15) is 124 Å². The molecular weight excluding hydrogens is 905 g/mol. The van der Waals surface area contributed by atoms with Crippen LogP contribution in [0.3, 0.4) is 0 Å². The van der Waals surface area contributed by atoms with Crippen molar-refractivity contribution in [2.24, 2.45) is 0 Å². The van der Waals surface area contributed by atoms with Crippen LogP contribution in [0.25, 0.3) is 0 Å². The predicted octanol–water partition coefficient (Wildman–Crippen LogP) is 10.3. The first kappa shape index (κ1) is 49.5. The second-order valence-corrected chi connectivity index (χ2v) is 30.3. The van der Waals surface area contributed by atoms with Gasteiger partial charge in [0.2, 0.25) is 0 Å². The first-order valence-electron chi connectivity index (χ1n) is 25.7. The number of rotatable bonds is 11. The lowest BCUT2D eigenvalue weighted by Crippen LogP contribution is -2.69. The third-order valence-electron chi connectivity index (χ3n) is 15.9. The standard InChI is InChI=1S/C53H78O11S2Si/c1-9-65-52-28-44-39(60-48(52)24-22-37-41(62-52)25-38(55-31-35-19-15-12-16-20-35)46(58-37)32-54-30-34-17-13-11-14-18-34)26-42-36(57-44)21-23-49-53(63-42,66-10-2)29-45-40(61-49)27-43-47(59-45)33-56-67(64-43,50(3,4)5)51(6,7)8/h11-20,36-49H,9-10,21-33H2,1-8H3/t36-,37-,38-,39-,40-,41+,42+,43+,44+,45+,46+,47-,48+,49+,52?,53?/m1/s1. The highest BCUT2D eigenvalue weighted by Crippen LogP contribution is 2.58. The SMILES string of the molecule is CCSC12C[C@@H]3O[C@@H]4CC[C@@H]5O[C@@H]6C[C@@H]7O[Si](C(C)(C)C)(C(C)(C)C)OC[C@H]7O[C@H]6CC5(SCC)O[C@H]4C[C@H]3O[C@H]1CC[C@H]1O[C@@H](COCc3ccccc3)[C@H](OCc3ccccc3)C[C@@H]1O2. The largest absolute Gasteiger partial charge is 0.391 e. The Hall–Kier alpha value is -1.08. The molecule has 0 spiro atoms. The van der Waals surface area contributed by atoms with E-state index < -0.39 is 18.4 Å². The zero-order chi connectivity index (χ0) is 46.6. The molecule has 0 saturated carbocycles. The number of fused-ring (bicyclic) bond motifs is 7. The second kappa shape index (κ2) is 20.1. The van der Waals surface area contributed by atoms with Gasteiger partial charge >= 0.3 is 8.56 Å². The van der Waals surface area contributed by atoms with Crippen LogP contribution in [0.4, 0.5) is 0 Å². The lowest BCUT2D eigenvalue weighted by atomic mass is 9.87. The average Bonchev–Trinajstić information content (AvgIpc) is 3.54. The molecule has 10 rings (SSSR count). The fourth-order valence-corrected chi connectivity index (χ4v) is 20.7. The van der Waals surface area contributed by atoms with Gasteiger partial charge in [0.15, 0.2) is 0 Å². The van der Waals surface area contributed by atoms with Gasteiger partial charge in [0.25, 0.3) is 0 Å². The van der Waals surface area contributed by atoms with Crippen molar-refractivity contribution in [2.45, 2.75) is 232 Å². The summed E-state index contributed by atoms with van der Waals surface area (Å²) in [7, 11) is -2.65. The van der Waals surface area contributed by atoms with E-state index in [1.54, 1.807) is 0 Å². The molecule has 372 valence electrons. The molecule has 0 aromatic heterocycles. The Morgan fingerprint density at radius 2 is 1.09 bits per heavy atom. The van der Waals surface area contributed by atoms with E-state index >= 15 is 0 Å². The Bertz CT molecular complexity index is 1920. The normalized spacial score (nSPS) is 41.7. The van der Waals surface area contributed by atoms with Crippen molar-refractivity contribution in [3.05, 3.63) is 71.8 Å². The maximum Gasteiger partial charge on any atom is 0.349 e. The molecule has 0 radical (unpaired) electrons. The molecular formula is C53H78O11S2Si. The predicted molar refractivity (Wildman–Crippen MR) is 263 cm³/mol. The zero-order valence-corrected chi connectivity index (χ0v) is 43.9. The lowest BCUT2D eigenvalue weighted by molar-refractivity contribution is -0.294. The Balaban J connectivity index is 0.831. The van der Waals surface area contributed by atoms with Gasteiger partial charge in [0.1, 0.15) is 22.1 Å². The van der Waals surface area contributed by atoms with Gasteiger partial charge in [0.05, 0.1) is 99.7 Å². The van der Waals surface area contributed by atoms with Crippen LogP contribution in [0.15, 0.2) is 60.7 Å². The van der Waals surface area contributed by atoms with Crippen LogP contribution < -0.4 is 0 Å². The summed E-state index contributed by atoms with van der Waals surface area (Å²) in [6, 6.07) is 20.7. The summed E-state index contributed by atoms with van der Waals surface area (Å²) in [5, 5.41) is -0.180. The number of hydrogen-bond donors (Lipinski definition) is 0. The summed E-state index contributed by atoms with van der Waals surface area (Å²) in [5.41, 5.74) is 2.28. The maximum absolute atomic E-state index is 7.47. The molecule has 16 atom stereocenters. The van der Waals surface area contributed by atoms with Crippen LogP contribution in [-0.2, 0) is 64.7 Å². The topological polar surface area (TPSA) is 102 Å². The van der Waals surface area contributed by atoms with Gasteiger partial charge < -0.3 is 51.5 Å². The quantitative estimate of drug-likeness (QED) is 0.200. The van der Waals surface area contributed by atoms with Crippen LogP contribution in [-0.4, -0.2) is 129 Å². The third kappa shape index (κ3) is 9.92. The van der Waals surface area contributed by atoms with E-state index in [4.69, 9.17) is 51.5 Å².